The number of aromatic nitrogens is 3. The molecule has 0 aliphatic carbocycles. The van der Waals surface area contributed by atoms with E-state index in [1.165, 1.54) is 11.1 Å². The van der Waals surface area contributed by atoms with E-state index >= 15 is 0 Å². The van der Waals surface area contributed by atoms with E-state index in [0.29, 0.717) is 23.3 Å². The third-order valence-electron chi connectivity index (χ3n) is 6.56. The number of hydrogen-bond acceptors (Lipinski definition) is 5. The molecule has 7 heteroatoms. The van der Waals surface area contributed by atoms with E-state index in [1.807, 2.05) is 24.9 Å². The zero-order chi connectivity index (χ0) is 20.1. The van der Waals surface area contributed by atoms with E-state index in [9.17, 15) is 4.79 Å². The standard InChI is InChI=1S/C22H25N5O2/c1-13-6-4-5-7-16(13)21-18-10-23-9-15(18)12-27(21)22(28)19-8-20(29-25-19)17-11-24-26(3)14(17)2/h4-8,11,15,18,21,23H,9-10,12H2,1-3H3/t15-,18-,21-/m0/s1. The summed E-state index contributed by atoms with van der Waals surface area (Å²) in [5, 5.41) is 11.9. The van der Waals surface area contributed by atoms with Crippen LogP contribution in [-0.2, 0) is 7.05 Å². The molecule has 1 amide bonds. The monoisotopic (exact) mass is 391 g/mol. The Morgan fingerprint density at radius 3 is 2.83 bits per heavy atom. The van der Waals surface area contributed by atoms with E-state index in [2.05, 4.69) is 40.7 Å². The predicted octanol–water partition coefficient (Wildman–Crippen LogP) is 2.72. The van der Waals surface area contributed by atoms with Gasteiger partial charge in [0.15, 0.2) is 11.5 Å². The molecule has 2 saturated heterocycles. The molecule has 2 fully saturated rings. The normalized spacial score (nSPS) is 23.6. The van der Waals surface area contributed by atoms with Crippen LogP contribution < -0.4 is 5.32 Å². The van der Waals surface area contributed by atoms with E-state index < -0.39 is 0 Å². The topological polar surface area (TPSA) is 76.2 Å². The number of carbonyl (C=O) groups is 1. The maximum absolute atomic E-state index is 13.5. The summed E-state index contributed by atoms with van der Waals surface area (Å²) in [5.41, 5.74) is 4.63. The summed E-state index contributed by atoms with van der Waals surface area (Å²) in [5.74, 6) is 1.40. The number of nitrogens with zero attached hydrogens (tertiary/aromatic N) is 4. The zero-order valence-electron chi connectivity index (χ0n) is 16.9. The molecule has 0 radical (unpaired) electrons. The van der Waals surface area contributed by atoms with Crippen molar-refractivity contribution in [2.75, 3.05) is 19.6 Å². The van der Waals surface area contributed by atoms with Crippen LogP contribution in [0.4, 0.5) is 0 Å². The van der Waals surface area contributed by atoms with Crippen LogP contribution in [0.2, 0.25) is 0 Å². The van der Waals surface area contributed by atoms with Gasteiger partial charge in [0.05, 0.1) is 17.8 Å². The van der Waals surface area contributed by atoms with Gasteiger partial charge in [-0.2, -0.15) is 5.10 Å². The van der Waals surface area contributed by atoms with Crippen molar-refractivity contribution in [1.82, 2.24) is 25.2 Å². The van der Waals surface area contributed by atoms with Crippen LogP contribution in [0.25, 0.3) is 11.3 Å². The van der Waals surface area contributed by atoms with Gasteiger partial charge in [-0.3, -0.25) is 9.48 Å². The first-order valence-electron chi connectivity index (χ1n) is 10.1. The number of fused-ring (bicyclic) bond motifs is 1. The van der Waals surface area contributed by atoms with Crippen LogP contribution in [-0.4, -0.2) is 45.4 Å². The Morgan fingerprint density at radius 1 is 1.24 bits per heavy atom. The third-order valence-corrected chi connectivity index (χ3v) is 6.56. The van der Waals surface area contributed by atoms with Crippen LogP contribution in [0.15, 0.2) is 41.1 Å². The van der Waals surface area contributed by atoms with Gasteiger partial charge in [-0.25, -0.2) is 0 Å². The fourth-order valence-electron chi connectivity index (χ4n) is 4.84. The molecule has 5 rings (SSSR count). The third kappa shape index (κ3) is 2.88. The molecule has 150 valence electrons. The van der Waals surface area contributed by atoms with Gasteiger partial charge < -0.3 is 14.7 Å². The molecule has 7 nitrogen and oxygen atoms in total. The molecule has 0 unspecified atom stereocenters. The maximum Gasteiger partial charge on any atom is 0.276 e. The average Bonchev–Trinajstić information content (AvgIpc) is 3.47. The van der Waals surface area contributed by atoms with Gasteiger partial charge >= 0.3 is 0 Å². The second-order valence-corrected chi connectivity index (χ2v) is 8.18. The lowest BCUT2D eigenvalue weighted by molar-refractivity contribution is 0.0703. The Hall–Kier alpha value is -2.93. The van der Waals surface area contributed by atoms with Crippen LogP contribution in [0.1, 0.15) is 33.4 Å². The molecule has 4 heterocycles. The molecule has 0 bridgehead atoms. The van der Waals surface area contributed by atoms with Gasteiger partial charge in [0.1, 0.15) is 0 Å². The first-order chi connectivity index (χ1) is 14.0. The summed E-state index contributed by atoms with van der Waals surface area (Å²) in [6.45, 7) is 6.72. The predicted molar refractivity (Wildman–Crippen MR) is 108 cm³/mol. The van der Waals surface area contributed by atoms with Gasteiger partial charge in [-0.05, 0) is 30.9 Å². The highest BCUT2D eigenvalue weighted by molar-refractivity contribution is 5.93. The number of likely N-dealkylation sites (tertiary alicyclic amines) is 1. The van der Waals surface area contributed by atoms with Crippen molar-refractivity contribution >= 4 is 5.91 Å². The Morgan fingerprint density at radius 2 is 2.07 bits per heavy atom. The van der Waals surface area contributed by atoms with Crippen molar-refractivity contribution in [1.29, 1.82) is 0 Å². The van der Waals surface area contributed by atoms with Crippen molar-refractivity contribution in [3.63, 3.8) is 0 Å². The first-order valence-corrected chi connectivity index (χ1v) is 10.1. The van der Waals surface area contributed by atoms with Crippen molar-refractivity contribution in [3.05, 3.63) is 59.0 Å². The first kappa shape index (κ1) is 18.1. The van der Waals surface area contributed by atoms with Gasteiger partial charge in [-0.1, -0.05) is 29.4 Å². The smallest absolute Gasteiger partial charge is 0.276 e. The zero-order valence-corrected chi connectivity index (χ0v) is 16.9. The van der Waals surface area contributed by atoms with Crippen molar-refractivity contribution in [2.24, 2.45) is 18.9 Å². The minimum absolute atomic E-state index is 0.0592. The molecule has 0 saturated carbocycles. The second kappa shape index (κ2) is 6.84. The number of benzene rings is 1. The fourth-order valence-corrected chi connectivity index (χ4v) is 4.84. The van der Waals surface area contributed by atoms with Crippen LogP contribution >= 0.6 is 0 Å². The summed E-state index contributed by atoms with van der Waals surface area (Å²) in [6, 6.07) is 10.2. The summed E-state index contributed by atoms with van der Waals surface area (Å²) in [7, 11) is 1.88. The minimum atomic E-state index is -0.0656. The molecule has 29 heavy (non-hydrogen) atoms. The summed E-state index contributed by atoms with van der Waals surface area (Å²) >= 11 is 0. The largest absolute Gasteiger partial charge is 0.355 e. The SMILES string of the molecule is Cc1ccccc1[C@H]1[C@H]2CNC[C@H]2CN1C(=O)c1cc(-c2cnn(C)c2C)on1. The van der Waals surface area contributed by atoms with E-state index in [1.54, 1.807) is 16.9 Å². The number of aryl methyl sites for hydroxylation is 2. The number of carbonyl (C=O) groups excluding carboxylic acids is 1. The molecule has 1 N–H and O–H groups in total. The molecule has 1 aromatic carbocycles. The molecule has 0 spiro atoms. The van der Waals surface area contributed by atoms with E-state index in [0.717, 1.165) is 30.9 Å². The molecular weight excluding hydrogens is 366 g/mol. The van der Waals surface area contributed by atoms with Crippen molar-refractivity contribution < 1.29 is 9.32 Å². The minimum Gasteiger partial charge on any atom is -0.355 e. The lowest BCUT2D eigenvalue weighted by atomic mass is 9.87. The molecule has 3 atom stereocenters. The molecule has 2 aromatic heterocycles. The average molecular weight is 391 g/mol. The molecular formula is C22H25N5O2. The Labute approximate surface area is 169 Å². The molecule has 2 aliphatic heterocycles. The summed E-state index contributed by atoms with van der Waals surface area (Å²) < 4.78 is 7.30. The number of hydrogen-bond donors (Lipinski definition) is 1. The highest BCUT2D eigenvalue weighted by Gasteiger charge is 2.47. The Bertz CT molecular complexity index is 1070. The molecule has 2 aliphatic rings. The lowest BCUT2D eigenvalue weighted by Gasteiger charge is -2.29. The Balaban J connectivity index is 1.49. The maximum atomic E-state index is 13.5. The number of rotatable bonds is 3. The lowest BCUT2D eigenvalue weighted by Crippen LogP contribution is -2.35. The van der Waals surface area contributed by atoms with Gasteiger partial charge in [0, 0.05) is 44.4 Å². The van der Waals surface area contributed by atoms with Crippen LogP contribution in [0, 0.1) is 25.7 Å². The second-order valence-electron chi connectivity index (χ2n) is 8.18. The summed E-state index contributed by atoms with van der Waals surface area (Å²) in [4.78, 5) is 15.5. The van der Waals surface area contributed by atoms with Gasteiger partial charge in [0.25, 0.3) is 5.91 Å². The van der Waals surface area contributed by atoms with Crippen LogP contribution in [0.5, 0.6) is 0 Å². The highest BCUT2D eigenvalue weighted by atomic mass is 16.5. The van der Waals surface area contributed by atoms with Crippen LogP contribution in [0.3, 0.4) is 0 Å². The van der Waals surface area contributed by atoms with Gasteiger partial charge in [0.2, 0.25) is 0 Å². The van der Waals surface area contributed by atoms with Crippen molar-refractivity contribution in [2.45, 2.75) is 19.9 Å². The van der Waals surface area contributed by atoms with Crippen molar-refractivity contribution in [3.8, 4) is 11.3 Å². The number of amides is 1. The summed E-state index contributed by atoms with van der Waals surface area (Å²) in [6.07, 6.45) is 1.74. The quantitative estimate of drug-likeness (QED) is 0.743. The highest BCUT2D eigenvalue weighted by Crippen LogP contribution is 2.44. The number of nitrogens with one attached hydrogen (secondary N) is 1. The van der Waals surface area contributed by atoms with E-state index in [-0.39, 0.29) is 11.9 Å². The molecule has 3 aromatic rings. The van der Waals surface area contributed by atoms with Gasteiger partial charge in [-0.15, -0.1) is 0 Å². The fraction of sp³-hybridized carbons (Fsp3) is 0.409. The van der Waals surface area contributed by atoms with E-state index in [4.69, 9.17) is 4.52 Å². The Kier molecular flexibility index (Phi) is 4.28.